The highest BCUT2D eigenvalue weighted by Gasteiger charge is 2.43. The maximum Gasteiger partial charge on any atom is 0.330 e. The minimum absolute atomic E-state index is 0.0247. The molecule has 2 fully saturated rings. The third kappa shape index (κ3) is 11.3. The number of benzene rings is 5. The first-order valence-corrected chi connectivity index (χ1v) is 25.9. The first-order valence-electron chi connectivity index (χ1n) is 25.9. The first-order chi connectivity index (χ1) is 37.4. The number of piperidine rings is 1. The third-order valence-corrected chi connectivity index (χ3v) is 14.4. The van der Waals surface area contributed by atoms with E-state index in [0.717, 1.165) is 45.9 Å². The van der Waals surface area contributed by atoms with Crippen molar-refractivity contribution in [1.82, 2.24) is 30.4 Å². The molecule has 1 atom stereocenters. The zero-order valence-electron chi connectivity index (χ0n) is 43.2. The number of nitrogens with one attached hydrogen (secondary N) is 2. The lowest BCUT2D eigenvalue weighted by Gasteiger charge is -2.36. The van der Waals surface area contributed by atoms with Gasteiger partial charge in [-0.3, -0.25) is 53.7 Å². The summed E-state index contributed by atoms with van der Waals surface area (Å²) in [6, 6.07) is 28.5. The summed E-state index contributed by atoms with van der Waals surface area (Å²) in [5.74, 6) is 0.400. The second-order valence-corrected chi connectivity index (χ2v) is 19.5. The molecule has 0 bridgehead atoms. The Morgan fingerprint density at radius 1 is 0.779 bits per heavy atom. The van der Waals surface area contributed by atoms with Gasteiger partial charge < -0.3 is 24.4 Å². The lowest BCUT2D eigenvalue weighted by Crippen LogP contribution is -2.57. The van der Waals surface area contributed by atoms with Crippen molar-refractivity contribution in [3.63, 3.8) is 0 Å². The Morgan fingerprint density at radius 3 is 2.21 bits per heavy atom. The number of hydrogen-bond acceptors (Lipinski definition) is 14. The second kappa shape index (κ2) is 22.6. The van der Waals surface area contributed by atoms with E-state index < -0.39 is 29.7 Å². The van der Waals surface area contributed by atoms with Crippen molar-refractivity contribution >= 4 is 69.3 Å². The van der Waals surface area contributed by atoms with E-state index in [9.17, 15) is 33.6 Å². The van der Waals surface area contributed by atoms with Gasteiger partial charge in [-0.25, -0.2) is 14.8 Å². The zero-order chi connectivity index (χ0) is 53.7. The van der Waals surface area contributed by atoms with Gasteiger partial charge in [-0.15, -0.1) is 0 Å². The zero-order valence-corrected chi connectivity index (χ0v) is 43.2. The highest BCUT2D eigenvalue weighted by molar-refractivity contribution is 6.27. The summed E-state index contributed by atoms with van der Waals surface area (Å²) in [6.07, 6.45) is 3.66. The van der Waals surface area contributed by atoms with E-state index in [-0.39, 0.29) is 62.4 Å². The molecule has 5 aromatic carbocycles. The SMILES string of the molecule is CCC(=O)Cc1ccc(CN2C(=O)N(c3cc(OC)cc(OC)c3)Cc3cnc(Cc4ccc(N5CCN(CC(=O)NCCCOc6cc7c8c(cccc8c6)C(=O)N(C6CCC(=O)NC6=O)C7=O)CC5)cc4)nc32)cc1. The van der Waals surface area contributed by atoms with Crippen LogP contribution in [0.5, 0.6) is 17.2 Å². The number of carbonyl (C=O) groups is 7. The molecule has 0 aliphatic carbocycles. The second-order valence-electron chi connectivity index (χ2n) is 19.5. The average molecular weight is 1040 g/mol. The number of ether oxygens (including phenoxy) is 3. The molecule has 4 aliphatic rings. The van der Waals surface area contributed by atoms with Gasteiger partial charge in [-0.2, -0.15) is 0 Å². The van der Waals surface area contributed by atoms with Gasteiger partial charge in [0.25, 0.3) is 11.8 Å². The quantitative estimate of drug-likeness (QED) is 0.0703. The Kier molecular flexibility index (Phi) is 15.2. The summed E-state index contributed by atoms with van der Waals surface area (Å²) in [5.41, 5.74) is 5.82. The van der Waals surface area contributed by atoms with Crippen molar-refractivity contribution in [2.45, 2.75) is 64.6 Å². The highest BCUT2D eigenvalue weighted by atomic mass is 16.5. The molecule has 2 N–H and O–H groups in total. The number of urea groups is 1. The molecular formula is C58H59N9O10. The standard InChI is InChI=1S/C58H59N9O10/c1-4-43(68)25-36-9-11-38(12-10-36)33-66-54-40(34-65(58(66)74)42-28-44(75-2)30-45(29-42)76-3)32-60-50(61-54)26-37-13-15-41(16-14-37)64-22-20-63(21-23-64)35-52(70)59-19-6-24-77-46-27-39-7-5-8-47-53(39)48(31-46)57(73)67(56(47)72)49-17-18-51(69)62-55(49)71/h5,7-16,27-32,49H,4,6,17-26,33-35H2,1-3H3,(H,59,70)(H,62,69,71). The van der Waals surface area contributed by atoms with Crippen LogP contribution in [-0.2, 0) is 45.1 Å². The van der Waals surface area contributed by atoms with Crippen molar-refractivity contribution in [1.29, 1.82) is 0 Å². The number of aromatic nitrogens is 2. The number of imide groups is 2. The number of Topliss-reactive ketones (excluding diaryl/α,β-unsaturated/α-hetero) is 1. The van der Waals surface area contributed by atoms with E-state index >= 15 is 0 Å². The van der Waals surface area contributed by atoms with Crippen LogP contribution < -0.4 is 39.5 Å². The summed E-state index contributed by atoms with van der Waals surface area (Å²) in [4.78, 5) is 110. The summed E-state index contributed by atoms with van der Waals surface area (Å²) in [6.45, 7) is 6.16. The number of carbonyl (C=O) groups excluding carboxylic acids is 7. The average Bonchev–Trinajstić information content (AvgIpc) is 3.59. The van der Waals surface area contributed by atoms with Gasteiger partial charge in [0.15, 0.2) is 0 Å². The van der Waals surface area contributed by atoms with Gasteiger partial charge in [0.2, 0.25) is 17.7 Å². The molecule has 396 valence electrons. The topological polar surface area (TPSA) is 213 Å². The van der Waals surface area contributed by atoms with Crippen molar-refractivity contribution in [2.24, 2.45) is 0 Å². The van der Waals surface area contributed by atoms with Gasteiger partial charge >= 0.3 is 6.03 Å². The molecule has 0 spiro atoms. The molecule has 0 radical (unpaired) electrons. The number of nitrogens with zero attached hydrogens (tertiary/aromatic N) is 7. The smallest absolute Gasteiger partial charge is 0.330 e. The molecule has 7 amide bonds. The van der Waals surface area contributed by atoms with Gasteiger partial charge in [-0.05, 0) is 65.3 Å². The lowest BCUT2D eigenvalue weighted by atomic mass is 9.91. The predicted molar refractivity (Wildman–Crippen MR) is 286 cm³/mol. The summed E-state index contributed by atoms with van der Waals surface area (Å²) in [7, 11) is 3.13. The number of rotatable bonds is 19. The van der Waals surface area contributed by atoms with Crippen LogP contribution in [0.2, 0.25) is 0 Å². The third-order valence-electron chi connectivity index (χ3n) is 14.4. The normalized spacial score (nSPS) is 16.6. The first kappa shape index (κ1) is 51.8. The number of fused-ring (bicyclic) bond motifs is 1. The monoisotopic (exact) mass is 1040 g/mol. The summed E-state index contributed by atoms with van der Waals surface area (Å²) >= 11 is 0. The Morgan fingerprint density at radius 2 is 1.49 bits per heavy atom. The van der Waals surface area contributed by atoms with Gasteiger partial charge in [0, 0.05) is 105 Å². The number of ketones is 1. The van der Waals surface area contributed by atoms with Crippen LogP contribution in [0.15, 0.2) is 103 Å². The Labute approximate surface area is 445 Å². The van der Waals surface area contributed by atoms with Crippen LogP contribution in [0.1, 0.15) is 81.4 Å². The minimum atomic E-state index is -1.09. The maximum absolute atomic E-state index is 14.5. The molecule has 1 aromatic heterocycles. The molecule has 4 aliphatic heterocycles. The van der Waals surface area contributed by atoms with E-state index in [0.29, 0.717) is 96.2 Å². The van der Waals surface area contributed by atoms with Crippen molar-refractivity contribution in [3.8, 4) is 17.2 Å². The fourth-order valence-electron chi connectivity index (χ4n) is 10.2. The largest absolute Gasteiger partial charge is 0.497 e. The number of amides is 7. The van der Waals surface area contributed by atoms with Crippen molar-refractivity contribution in [3.05, 3.63) is 142 Å². The molecule has 1 unspecified atom stereocenters. The molecule has 5 heterocycles. The van der Waals surface area contributed by atoms with Crippen LogP contribution in [0.3, 0.4) is 0 Å². The Bertz CT molecular complexity index is 3260. The molecule has 2 saturated heterocycles. The Hall–Kier alpha value is -8.71. The van der Waals surface area contributed by atoms with Crippen LogP contribution in [-0.4, -0.2) is 127 Å². The number of methoxy groups -OCH3 is 2. The number of piperazine rings is 1. The van der Waals surface area contributed by atoms with E-state index in [1.54, 1.807) is 78.7 Å². The van der Waals surface area contributed by atoms with E-state index in [1.165, 1.54) is 0 Å². The van der Waals surface area contributed by atoms with Gasteiger partial charge in [0.1, 0.15) is 40.7 Å². The van der Waals surface area contributed by atoms with Gasteiger partial charge in [-0.1, -0.05) is 55.5 Å². The number of anilines is 3. The van der Waals surface area contributed by atoms with Crippen LogP contribution in [0.25, 0.3) is 10.8 Å². The van der Waals surface area contributed by atoms with E-state index in [2.05, 4.69) is 44.7 Å². The fraction of sp³-hybridized carbons (Fsp3) is 0.328. The predicted octanol–water partition coefficient (Wildman–Crippen LogP) is 6.01. The highest BCUT2D eigenvalue weighted by Crippen LogP contribution is 2.37. The Balaban J connectivity index is 0.712. The van der Waals surface area contributed by atoms with Crippen LogP contribution in [0.4, 0.5) is 22.0 Å². The summed E-state index contributed by atoms with van der Waals surface area (Å²) < 4.78 is 17.1. The molecular weight excluding hydrogens is 983 g/mol. The van der Waals surface area contributed by atoms with Gasteiger partial charge in [0.05, 0.1) is 51.7 Å². The fourth-order valence-corrected chi connectivity index (χ4v) is 10.2. The molecule has 77 heavy (non-hydrogen) atoms. The molecule has 0 saturated carbocycles. The van der Waals surface area contributed by atoms with E-state index in [4.69, 9.17) is 24.2 Å². The van der Waals surface area contributed by atoms with E-state index in [1.807, 2.05) is 31.2 Å². The maximum atomic E-state index is 14.5. The van der Waals surface area contributed by atoms with Crippen molar-refractivity contribution in [2.75, 3.05) is 74.8 Å². The van der Waals surface area contributed by atoms with Crippen molar-refractivity contribution < 1.29 is 47.8 Å². The summed E-state index contributed by atoms with van der Waals surface area (Å²) in [5, 5.41) is 6.36. The molecule has 6 aromatic rings. The van der Waals surface area contributed by atoms with Crippen LogP contribution in [0, 0.1) is 0 Å². The molecule has 10 rings (SSSR count). The van der Waals surface area contributed by atoms with Crippen LogP contribution >= 0.6 is 0 Å². The molecule has 19 nitrogen and oxygen atoms in total. The molecule has 19 heteroatoms. The minimum Gasteiger partial charge on any atom is -0.497 e. The lowest BCUT2D eigenvalue weighted by molar-refractivity contribution is -0.136. The number of hydrogen-bond donors (Lipinski definition) is 2.